The van der Waals surface area contributed by atoms with Crippen LogP contribution >= 0.6 is 46.6 Å². The molecule has 3 rings (SSSR count). The Morgan fingerprint density at radius 2 is 1.85 bits per heavy atom. The summed E-state index contributed by atoms with van der Waals surface area (Å²) in [4.78, 5) is 12.3. The third-order valence-corrected chi connectivity index (χ3v) is 6.23. The second kappa shape index (κ2) is 10.4. The van der Waals surface area contributed by atoms with Crippen LogP contribution in [-0.4, -0.2) is 26.4 Å². The van der Waals surface area contributed by atoms with E-state index in [1.54, 1.807) is 36.7 Å². The average Bonchev–Trinajstić information content (AvgIpc) is 3.10. The quantitative estimate of drug-likeness (QED) is 0.340. The van der Waals surface area contributed by atoms with Gasteiger partial charge in [0.05, 0.1) is 27.0 Å². The number of ether oxygens (including phenoxy) is 1. The molecular weight excluding hydrogens is 524 g/mol. The Balaban J connectivity index is 1.64. The molecule has 0 saturated heterocycles. The molecule has 0 aliphatic rings. The van der Waals surface area contributed by atoms with Gasteiger partial charge < -0.3 is 14.6 Å². The van der Waals surface area contributed by atoms with Crippen LogP contribution in [0.2, 0.25) is 15.1 Å². The maximum Gasteiger partial charge on any atom is 0.416 e. The van der Waals surface area contributed by atoms with Crippen molar-refractivity contribution in [2.75, 3.05) is 11.1 Å². The SMILES string of the molecule is CC(Oc1cc(Cl)ccc1Cl)c1nnc(SCC(=O)Nc2cc(C(F)(F)F)ccc2Cl)n1C. The van der Waals surface area contributed by atoms with Gasteiger partial charge >= 0.3 is 6.18 Å². The van der Waals surface area contributed by atoms with Gasteiger partial charge in [-0.3, -0.25) is 4.79 Å². The minimum Gasteiger partial charge on any atom is -0.481 e. The Morgan fingerprint density at radius 3 is 2.55 bits per heavy atom. The molecule has 13 heteroatoms. The lowest BCUT2D eigenvalue weighted by Crippen LogP contribution is -2.16. The summed E-state index contributed by atoms with van der Waals surface area (Å²) in [5.41, 5.74) is -1.04. The number of hydrogen-bond donors (Lipinski definition) is 1. The predicted molar refractivity (Wildman–Crippen MR) is 122 cm³/mol. The number of alkyl halides is 3. The van der Waals surface area contributed by atoms with Crippen molar-refractivity contribution in [3.05, 3.63) is 62.9 Å². The smallest absolute Gasteiger partial charge is 0.416 e. The summed E-state index contributed by atoms with van der Waals surface area (Å²) >= 11 is 19.1. The van der Waals surface area contributed by atoms with Crippen molar-refractivity contribution in [3.8, 4) is 5.75 Å². The highest BCUT2D eigenvalue weighted by atomic mass is 35.5. The standard InChI is InChI=1S/C20H16Cl3F3N4O2S/c1-10(32-16-8-12(21)4-6-14(16)23)18-28-29-19(30(18)2)33-9-17(31)27-15-7-11(20(24,25)26)3-5-13(15)22/h3-8,10H,9H2,1-2H3,(H,27,31). The molecule has 1 unspecified atom stereocenters. The summed E-state index contributed by atoms with van der Waals surface area (Å²) in [6.07, 6.45) is -5.09. The first-order valence-corrected chi connectivity index (χ1v) is 11.4. The predicted octanol–water partition coefficient (Wildman–Crippen LogP) is 6.66. The third-order valence-electron chi connectivity index (χ3n) is 4.33. The number of hydrogen-bond acceptors (Lipinski definition) is 5. The number of amides is 1. The largest absolute Gasteiger partial charge is 0.481 e. The molecule has 33 heavy (non-hydrogen) atoms. The minimum atomic E-state index is -4.55. The third kappa shape index (κ3) is 6.47. The van der Waals surface area contributed by atoms with E-state index in [9.17, 15) is 18.0 Å². The molecule has 0 saturated carbocycles. The zero-order valence-corrected chi connectivity index (χ0v) is 20.2. The van der Waals surface area contributed by atoms with Crippen LogP contribution in [0.3, 0.4) is 0 Å². The number of anilines is 1. The van der Waals surface area contributed by atoms with Gasteiger partial charge in [-0.2, -0.15) is 13.2 Å². The van der Waals surface area contributed by atoms with E-state index >= 15 is 0 Å². The van der Waals surface area contributed by atoms with Gasteiger partial charge in [-0.1, -0.05) is 46.6 Å². The van der Waals surface area contributed by atoms with E-state index in [0.717, 1.165) is 30.0 Å². The fraction of sp³-hybridized carbons (Fsp3) is 0.250. The normalized spacial score (nSPS) is 12.5. The van der Waals surface area contributed by atoms with Gasteiger partial charge in [-0.15, -0.1) is 10.2 Å². The summed E-state index contributed by atoms with van der Waals surface area (Å²) in [6, 6.07) is 7.53. The van der Waals surface area contributed by atoms with Crippen LogP contribution in [0, 0.1) is 0 Å². The number of halogens is 6. The monoisotopic (exact) mass is 538 g/mol. The number of carbonyl (C=O) groups is 1. The van der Waals surface area contributed by atoms with Crippen LogP contribution in [0.4, 0.5) is 18.9 Å². The molecule has 1 amide bonds. The number of nitrogens with zero attached hydrogens (tertiary/aromatic N) is 3. The van der Waals surface area contributed by atoms with Gasteiger partial charge in [0.15, 0.2) is 17.1 Å². The highest BCUT2D eigenvalue weighted by molar-refractivity contribution is 7.99. The van der Waals surface area contributed by atoms with Crippen molar-refractivity contribution in [2.45, 2.75) is 24.4 Å². The van der Waals surface area contributed by atoms with E-state index in [0.29, 0.717) is 26.8 Å². The van der Waals surface area contributed by atoms with E-state index < -0.39 is 23.8 Å². The summed E-state index contributed by atoms with van der Waals surface area (Å²) in [7, 11) is 1.69. The highest BCUT2D eigenvalue weighted by Crippen LogP contribution is 2.34. The molecule has 1 aromatic heterocycles. The van der Waals surface area contributed by atoms with E-state index in [4.69, 9.17) is 39.5 Å². The maximum atomic E-state index is 12.9. The molecular formula is C20H16Cl3F3N4O2S. The van der Waals surface area contributed by atoms with E-state index in [1.807, 2.05) is 0 Å². The van der Waals surface area contributed by atoms with Crippen LogP contribution < -0.4 is 10.1 Å². The first-order valence-electron chi connectivity index (χ1n) is 9.26. The Hall–Kier alpha value is -2.14. The van der Waals surface area contributed by atoms with Crippen molar-refractivity contribution in [3.63, 3.8) is 0 Å². The van der Waals surface area contributed by atoms with Crippen molar-refractivity contribution >= 4 is 58.2 Å². The molecule has 0 radical (unpaired) electrons. The molecule has 2 aromatic carbocycles. The second-order valence-electron chi connectivity index (χ2n) is 6.76. The number of nitrogens with one attached hydrogen (secondary N) is 1. The fourth-order valence-corrected chi connectivity index (χ4v) is 3.94. The number of aromatic nitrogens is 3. The molecule has 0 fully saturated rings. The highest BCUT2D eigenvalue weighted by Gasteiger charge is 2.31. The molecule has 0 aliphatic carbocycles. The van der Waals surface area contributed by atoms with Crippen LogP contribution in [0.1, 0.15) is 24.4 Å². The second-order valence-corrected chi connectivity index (χ2v) is 8.96. The van der Waals surface area contributed by atoms with Crippen molar-refractivity contribution in [2.24, 2.45) is 7.05 Å². The molecule has 1 atom stereocenters. The van der Waals surface area contributed by atoms with E-state index in [2.05, 4.69) is 15.5 Å². The topological polar surface area (TPSA) is 69.0 Å². The zero-order valence-electron chi connectivity index (χ0n) is 17.1. The van der Waals surface area contributed by atoms with Gasteiger partial charge in [0.2, 0.25) is 5.91 Å². The Kier molecular flexibility index (Phi) is 8.04. The Bertz CT molecular complexity index is 1170. The fourth-order valence-electron chi connectivity index (χ4n) is 2.73. The van der Waals surface area contributed by atoms with Crippen molar-refractivity contribution in [1.29, 1.82) is 0 Å². The van der Waals surface area contributed by atoms with Crippen molar-refractivity contribution < 1.29 is 22.7 Å². The minimum absolute atomic E-state index is 0.00653. The maximum absolute atomic E-state index is 12.9. The lowest BCUT2D eigenvalue weighted by molar-refractivity contribution is -0.137. The van der Waals surface area contributed by atoms with Crippen LogP contribution in [0.5, 0.6) is 5.75 Å². The Labute approximate surface area is 206 Å². The molecule has 1 N–H and O–H groups in total. The molecule has 0 bridgehead atoms. The molecule has 6 nitrogen and oxygen atoms in total. The lowest BCUT2D eigenvalue weighted by atomic mass is 10.2. The number of benzene rings is 2. The summed E-state index contributed by atoms with van der Waals surface area (Å²) < 4.78 is 46.2. The zero-order chi connectivity index (χ0) is 24.3. The summed E-state index contributed by atoms with van der Waals surface area (Å²) in [5, 5.41) is 11.8. The van der Waals surface area contributed by atoms with Crippen molar-refractivity contribution in [1.82, 2.24) is 14.8 Å². The number of rotatable bonds is 7. The Morgan fingerprint density at radius 1 is 1.15 bits per heavy atom. The molecule has 176 valence electrons. The van der Waals surface area contributed by atoms with Crippen LogP contribution in [0.25, 0.3) is 0 Å². The molecule has 3 aromatic rings. The summed E-state index contributed by atoms with van der Waals surface area (Å²) in [6.45, 7) is 1.75. The first kappa shape index (κ1) is 25.5. The van der Waals surface area contributed by atoms with Gasteiger partial charge in [-0.25, -0.2) is 0 Å². The van der Waals surface area contributed by atoms with Gasteiger partial charge in [-0.05, 0) is 37.3 Å². The van der Waals surface area contributed by atoms with Gasteiger partial charge in [0, 0.05) is 18.1 Å². The molecule has 0 spiro atoms. The van der Waals surface area contributed by atoms with Gasteiger partial charge in [0.1, 0.15) is 5.75 Å². The average molecular weight is 540 g/mol. The lowest BCUT2D eigenvalue weighted by Gasteiger charge is -2.15. The van der Waals surface area contributed by atoms with Crippen LogP contribution in [0.15, 0.2) is 41.6 Å². The van der Waals surface area contributed by atoms with E-state index in [1.165, 1.54) is 0 Å². The first-order chi connectivity index (χ1) is 15.5. The number of thioether (sulfide) groups is 1. The van der Waals surface area contributed by atoms with E-state index in [-0.39, 0.29) is 16.5 Å². The summed E-state index contributed by atoms with van der Waals surface area (Å²) in [5.74, 6) is 0.162. The van der Waals surface area contributed by atoms with Crippen LogP contribution in [-0.2, 0) is 18.0 Å². The molecule has 0 aliphatic heterocycles. The van der Waals surface area contributed by atoms with Gasteiger partial charge in [0.25, 0.3) is 0 Å². The molecule has 1 heterocycles. The number of carbonyl (C=O) groups excluding carboxylic acids is 1.